The zero-order valence-corrected chi connectivity index (χ0v) is 13.2. The number of nitrogens with zero attached hydrogens (tertiary/aromatic N) is 3. The minimum absolute atomic E-state index is 0.105. The van der Waals surface area contributed by atoms with E-state index in [1.807, 2.05) is 35.0 Å². The molecule has 1 aromatic carbocycles. The van der Waals surface area contributed by atoms with Gasteiger partial charge in [-0.1, -0.05) is 22.0 Å². The Labute approximate surface area is 136 Å². The molecule has 0 atom stereocenters. The molecule has 3 rings (SSSR count). The Hall–Kier alpha value is -2.47. The van der Waals surface area contributed by atoms with E-state index in [0.717, 1.165) is 15.9 Å². The summed E-state index contributed by atoms with van der Waals surface area (Å²) in [4.78, 5) is 20.4. The van der Waals surface area contributed by atoms with Crippen molar-refractivity contribution < 1.29 is 4.79 Å². The van der Waals surface area contributed by atoms with Gasteiger partial charge in [0.1, 0.15) is 12.1 Å². The third-order valence-electron chi connectivity index (χ3n) is 3.14. The van der Waals surface area contributed by atoms with Crippen LogP contribution in [0.5, 0.6) is 0 Å². The maximum atomic E-state index is 12.0. The first kappa shape index (κ1) is 14.5. The maximum Gasteiger partial charge on any atom is 0.251 e. The van der Waals surface area contributed by atoms with Crippen LogP contribution in [0.15, 0.2) is 65.8 Å². The molecular weight excluding hydrogens is 344 g/mol. The average Bonchev–Trinajstić information content (AvgIpc) is 3.08. The van der Waals surface area contributed by atoms with Crippen LogP contribution in [0.4, 0.5) is 0 Å². The molecule has 3 aromatic rings. The van der Waals surface area contributed by atoms with E-state index in [9.17, 15) is 4.79 Å². The number of benzene rings is 1. The highest BCUT2D eigenvalue weighted by atomic mass is 79.9. The summed E-state index contributed by atoms with van der Waals surface area (Å²) < 4.78 is 2.77. The average molecular weight is 357 g/mol. The lowest BCUT2D eigenvalue weighted by atomic mass is 10.2. The van der Waals surface area contributed by atoms with E-state index < -0.39 is 0 Å². The van der Waals surface area contributed by atoms with Crippen LogP contribution in [0.3, 0.4) is 0 Å². The van der Waals surface area contributed by atoms with Gasteiger partial charge in [-0.05, 0) is 35.9 Å². The van der Waals surface area contributed by atoms with Crippen molar-refractivity contribution >= 4 is 21.8 Å². The summed E-state index contributed by atoms with van der Waals surface area (Å²) in [6, 6.07) is 11.1. The van der Waals surface area contributed by atoms with Crippen LogP contribution in [0.2, 0.25) is 0 Å². The molecule has 22 heavy (non-hydrogen) atoms. The molecule has 0 bridgehead atoms. The van der Waals surface area contributed by atoms with Gasteiger partial charge < -0.3 is 5.32 Å². The van der Waals surface area contributed by atoms with Crippen LogP contribution in [-0.2, 0) is 6.54 Å². The second-order valence-electron chi connectivity index (χ2n) is 4.68. The molecule has 0 saturated carbocycles. The predicted molar refractivity (Wildman–Crippen MR) is 86.7 cm³/mol. The number of carbonyl (C=O) groups excluding carboxylic acids is 1. The van der Waals surface area contributed by atoms with Crippen molar-refractivity contribution in [1.82, 2.24) is 19.9 Å². The Morgan fingerprint density at radius 2 is 2.00 bits per heavy atom. The first-order valence-electron chi connectivity index (χ1n) is 6.69. The van der Waals surface area contributed by atoms with Crippen LogP contribution < -0.4 is 5.32 Å². The molecule has 110 valence electrons. The Bertz CT molecular complexity index is 752. The van der Waals surface area contributed by atoms with Gasteiger partial charge in [-0.25, -0.2) is 9.97 Å². The fourth-order valence-electron chi connectivity index (χ4n) is 1.95. The second-order valence-corrected chi connectivity index (χ2v) is 5.60. The van der Waals surface area contributed by atoms with Gasteiger partial charge in [0.25, 0.3) is 5.91 Å². The van der Waals surface area contributed by atoms with Crippen molar-refractivity contribution in [3.63, 3.8) is 0 Å². The lowest BCUT2D eigenvalue weighted by Gasteiger charge is -2.06. The van der Waals surface area contributed by atoms with Crippen LogP contribution in [0, 0.1) is 0 Å². The first-order valence-corrected chi connectivity index (χ1v) is 7.49. The van der Waals surface area contributed by atoms with E-state index in [-0.39, 0.29) is 5.91 Å². The lowest BCUT2D eigenvalue weighted by molar-refractivity contribution is 0.0951. The highest BCUT2D eigenvalue weighted by Crippen LogP contribution is 2.11. The number of nitrogens with one attached hydrogen (secondary N) is 1. The fourth-order valence-corrected chi connectivity index (χ4v) is 2.22. The van der Waals surface area contributed by atoms with E-state index in [1.165, 1.54) is 0 Å². The third kappa shape index (κ3) is 3.40. The number of pyridine rings is 1. The quantitative estimate of drug-likeness (QED) is 0.781. The normalized spacial score (nSPS) is 10.4. The lowest BCUT2D eigenvalue weighted by Crippen LogP contribution is -2.22. The first-order chi connectivity index (χ1) is 10.7. The van der Waals surface area contributed by atoms with E-state index in [1.54, 1.807) is 30.9 Å². The summed E-state index contributed by atoms with van der Waals surface area (Å²) in [5, 5.41) is 2.88. The third-order valence-corrected chi connectivity index (χ3v) is 3.67. The molecule has 0 fully saturated rings. The van der Waals surface area contributed by atoms with Crippen molar-refractivity contribution in [2.24, 2.45) is 0 Å². The number of rotatable bonds is 4. The molecule has 0 aliphatic rings. The topological polar surface area (TPSA) is 59.8 Å². The van der Waals surface area contributed by atoms with Crippen LogP contribution in [0.25, 0.3) is 5.82 Å². The van der Waals surface area contributed by atoms with Gasteiger partial charge in [0.2, 0.25) is 0 Å². The Morgan fingerprint density at radius 1 is 1.18 bits per heavy atom. The van der Waals surface area contributed by atoms with Gasteiger partial charge in [-0.15, -0.1) is 0 Å². The summed E-state index contributed by atoms with van der Waals surface area (Å²) >= 11 is 3.35. The summed E-state index contributed by atoms with van der Waals surface area (Å²) in [6.07, 6.45) is 6.97. The molecule has 0 aliphatic heterocycles. The van der Waals surface area contributed by atoms with E-state index in [0.29, 0.717) is 12.1 Å². The smallest absolute Gasteiger partial charge is 0.251 e. The fraction of sp³-hybridized carbons (Fsp3) is 0.0625. The summed E-state index contributed by atoms with van der Waals surface area (Å²) in [7, 11) is 0. The van der Waals surface area contributed by atoms with Gasteiger partial charge in [0.15, 0.2) is 0 Å². The number of halogens is 1. The Kier molecular flexibility index (Phi) is 4.29. The highest BCUT2D eigenvalue weighted by Gasteiger charge is 2.05. The van der Waals surface area contributed by atoms with Crippen molar-refractivity contribution in [2.75, 3.05) is 0 Å². The summed E-state index contributed by atoms with van der Waals surface area (Å²) in [5.74, 6) is 0.687. The molecular formula is C16H13BrN4O. The molecule has 0 aliphatic carbocycles. The van der Waals surface area contributed by atoms with Crippen LogP contribution in [-0.4, -0.2) is 20.4 Å². The maximum absolute atomic E-state index is 12.0. The van der Waals surface area contributed by atoms with Gasteiger partial charge >= 0.3 is 0 Å². The molecule has 2 heterocycles. The van der Waals surface area contributed by atoms with Gasteiger partial charge in [0, 0.05) is 35.2 Å². The SMILES string of the molecule is O=C(NCc1ccc(-n2ccnc2)nc1)c1ccc(Br)cc1. The monoisotopic (exact) mass is 356 g/mol. The minimum atomic E-state index is -0.105. The number of aromatic nitrogens is 3. The molecule has 2 aromatic heterocycles. The van der Waals surface area contributed by atoms with Crippen molar-refractivity contribution in [1.29, 1.82) is 0 Å². The number of hydrogen-bond donors (Lipinski definition) is 1. The predicted octanol–water partition coefficient (Wildman–Crippen LogP) is 2.96. The van der Waals surface area contributed by atoms with Crippen LogP contribution in [0.1, 0.15) is 15.9 Å². The molecule has 5 nitrogen and oxygen atoms in total. The standard InChI is InChI=1S/C16H13BrN4O/c17-14-4-2-13(3-5-14)16(22)20-10-12-1-6-15(19-9-12)21-8-7-18-11-21/h1-9,11H,10H2,(H,20,22). The molecule has 0 unspecified atom stereocenters. The number of hydrogen-bond acceptors (Lipinski definition) is 3. The highest BCUT2D eigenvalue weighted by molar-refractivity contribution is 9.10. The molecule has 1 N–H and O–H groups in total. The molecule has 0 saturated heterocycles. The van der Waals surface area contributed by atoms with Crippen LogP contribution >= 0.6 is 15.9 Å². The molecule has 0 radical (unpaired) electrons. The zero-order valence-electron chi connectivity index (χ0n) is 11.6. The molecule has 0 spiro atoms. The van der Waals surface area contributed by atoms with Crippen molar-refractivity contribution in [3.05, 3.63) is 76.9 Å². The van der Waals surface area contributed by atoms with E-state index >= 15 is 0 Å². The van der Waals surface area contributed by atoms with E-state index in [2.05, 4.69) is 31.2 Å². The Balaban J connectivity index is 1.61. The number of carbonyl (C=O) groups is 1. The number of imidazole rings is 1. The van der Waals surface area contributed by atoms with Gasteiger partial charge in [-0.2, -0.15) is 0 Å². The second kappa shape index (κ2) is 6.53. The summed E-state index contributed by atoms with van der Waals surface area (Å²) in [6.45, 7) is 0.437. The van der Waals surface area contributed by atoms with E-state index in [4.69, 9.17) is 0 Å². The largest absolute Gasteiger partial charge is 0.348 e. The number of amides is 1. The van der Waals surface area contributed by atoms with Gasteiger partial charge in [0.05, 0.1) is 0 Å². The summed E-state index contributed by atoms with van der Waals surface area (Å²) in [5.41, 5.74) is 1.57. The van der Waals surface area contributed by atoms with Crippen molar-refractivity contribution in [3.8, 4) is 5.82 Å². The molecule has 6 heteroatoms. The van der Waals surface area contributed by atoms with Crippen molar-refractivity contribution in [2.45, 2.75) is 6.54 Å². The van der Waals surface area contributed by atoms with Gasteiger partial charge in [-0.3, -0.25) is 9.36 Å². The Morgan fingerprint density at radius 3 is 2.64 bits per heavy atom. The zero-order chi connectivity index (χ0) is 15.4. The minimum Gasteiger partial charge on any atom is -0.348 e. The molecule has 1 amide bonds.